The lowest BCUT2D eigenvalue weighted by atomic mass is 10.3. The van der Waals surface area contributed by atoms with Crippen LogP contribution in [0.25, 0.3) is 0 Å². The van der Waals surface area contributed by atoms with E-state index in [9.17, 15) is 0 Å². The van der Waals surface area contributed by atoms with E-state index in [4.69, 9.17) is 0 Å². The summed E-state index contributed by atoms with van der Waals surface area (Å²) in [7, 11) is 0. The highest BCUT2D eigenvalue weighted by molar-refractivity contribution is 7.09. The van der Waals surface area contributed by atoms with Gasteiger partial charge in [-0.2, -0.15) is 0 Å². The minimum Gasteiger partial charge on any atom is -0.350 e. The molecule has 0 N–H and O–H groups in total. The fourth-order valence-corrected chi connectivity index (χ4v) is 3.39. The molecule has 3 nitrogen and oxygen atoms in total. The van der Waals surface area contributed by atoms with Crippen molar-refractivity contribution in [3.63, 3.8) is 0 Å². The van der Waals surface area contributed by atoms with Crippen LogP contribution in [0.4, 0.5) is 5.82 Å². The van der Waals surface area contributed by atoms with Crippen molar-refractivity contribution in [3.8, 4) is 0 Å². The van der Waals surface area contributed by atoms with Gasteiger partial charge in [0, 0.05) is 24.2 Å². The van der Waals surface area contributed by atoms with Gasteiger partial charge in [-0.3, -0.25) is 0 Å². The second-order valence-corrected chi connectivity index (χ2v) is 6.27. The molecule has 0 bridgehead atoms. The SMILES string of the molecule is c1ccc(N(CCN2CCCC2)Cc2cccs2)nc1. The van der Waals surface area contributed by atoms with Crippen LogP contribution in [-0.4, -0.2) is 36.1 Å². The summed E-state index contributed by atoms with van der Waals surface area (Å²) in [5.41, 5.74) is 0. The first-order valence-corrected chi connectivity index (χ1v) is 8.20. The van der Waals surface area contributed by atoms with Crippen molar-refractivity contribution in [2.75, 3.05) is 31.1 Å². The molecule has 0 radical (unpaired) electrons. The van der Waals surface area contributed by atoms with Gasteiger partial charge in [-0.25, -0.2) is 4.98 Å². The smallest absolute Gasteiger partial charge is 0.128 e. The third-order valence-corrected chi connectivity index (χ3v) is 4.65. The van der Waals surface area contributed by atoms with Gasteiger partial charge in [0.25, 0.3) is 0 Å². The highest BCUT2D eigenvalue weighted by Gasteiger charge is 2.14. The predicted octanol–water partition coefficient (Wildman–Crippen LogP) is 3.25. The van der Waals surface area contributed by atoms with Crippen molar-refractivity contribution in [1.82, 2.24) is 9.88 Å². The number of aromatic nitrogens is 1. The molecule has 106 valence electrons. The quantitative estimate of drug-likeness (QED) is 0.813. The Bertz CT molecular complexity index is 492. The van der Waals surface area contributed by atoms with Crippen LogP contribution in [0, 0.1) is 0 Å². The molecular weight excluding hydrogens is 266 g/mol. The van der Waals surface area contributed by atoms with Crippen molar-refractivity contribution in [2.24, 2.45) is 0 Å². The zero-order valence-electron chi connectivity index (χ0n) is 11.7. The third-order valence-electron chi connectivity index (χ3n) is 3.78. The van der Waals surface area contributed by atoms with E-state index >= 15 is 0 Å². The van der Waals surface area contributed by atoms with Crippen LogP contribution in [0.2, 0.25) is 0 Å². The summed E-state index contributed by atoms with van der Waals surface area (Å²) in [5.74, 6) is 1.08. The van der Waals surface area contributed by atoms with E-state index in [0.29, 0.717) is 0 Å². The molecule has 2 aromatic rings. The van der Waals surface area contributed by atoms with Crippen molar-refractivity contribution in [3.05, 3.63) is 46.8 Å². The van der Waals surface area contributed by atoms with Gasteiger partial charge in [0.1, 0.15) is 5.82 Å². The molecule has 0 aromatic carbocycles. The van der Waals surface area contributed by atoms with Gasteiger partial charge in [-0.1, -0.05) is 12.1 Å². The Labute approximate surface area is 124 Å². The molecule has 3 rings (SSSR count). The van der Waals surface area contributed by atoms with Gasteiger partial charge in [0.15, 0.2) is 0 Å². The highest BCUT2D eigenvalue weighted by Crippen LogP contribution is 2.17. The van der Waals surface area contributed by atoms with Gasteiger partial charge in [-0.15, -0.1) is 11.3 Å². The first kappa shape index (κ1) is 13.6. The molecule has 0 saturated carbocycles. The summed E-state index contributed by atoms with van der Waals surface area (Å²) in [6, 6.07) is 10.5. The predicted molar refractivity (Wildman–Crippen MR) is 85.3 cm³/mol. The first-order chi connectivity index (χ1) is 9.92. The molecule has 20 heavy (non-hydrogen) atoms. The molecule has 2 aromatic heterocycles. The van der Waals surface area contributed by atoms with Gasteiger partial charge >= 0.3 is 0 Å². The minimum atomic E-state index is 0.961. The molecule has 1 fully saturated rings. The third kappa shape index (κ3) is 3.58. The summed E-state index contributed by atoms with van der Waals surface area (Å²) in [6.45, 7) is 5.67. The molecule has 4 heteroatoms. The molecule has 0 atom stereocenters. The Morgan fingerprint density at radius 2 is 2.05 bits per heavy atom. The molecular formula is C16H21N3S. The summed E-state index contributed by atoms with van der Waals surface area (Å²) < 4.78 is 0. The maximum absolute atomic E-state index is 4.52. The lowest BCUT2D eigenvalue weighted by Gasteiger charge is -2.26. The van der Waals surface area contributed by atoms with E-state index in [1.54, 1.807) is 0 Å². The molecule has 0 spiro atoms. The molecule has 1 saturated heterocycles. The molecule has 0 unspecified atom stereocenters. The average Bonchev–Trinajstić information content (AvgIpc) is 3.18. The number of hydrogen-bond acceptors (Lipinski definition) is 4. The van der Waals surface area contributed by atoms with E-state index < -0.39 is 0 Å². The van der Waals surface area contributed by atoms with Gasteiger partial charge in [-0.05, 0) is 49.5 Å². The Balaban J connectivity index is 1.66. The number of anilines is 1. The Morgan fingerprint density at radius 1 is 1.15 bits per heavy atom. The lowest BCUT2D eigenvalue weighted by Crippen LogP contribution is -2.33. The fourth-order valence-electron chi connectivity index (χ4n) is 2.67. The molecule has 0 amide bonds. The summed E-state index contributed by atoms with van der Waals surface area (Å²) in [5, 5.41) is 2.15. The monoisotopic (exact) mass is 287 g/mol. The summed E-state index contributed by atoms with van der Waals surface area (Å²) >= 11 is 1.82. The van der Waals surface area contributed by atoms with E-state index in [0.717, 1.165) is 25.5 Å². The second-order valence-electron chi connectivity index (χ2n) is 5.24. The van der Waals surface area contributed by atoms with E-state index in [1.807, 2.05) is 23.6 Å². The first-order valence-electron chi connectivity index (χ1n) is 7.32. The summed E-state index contributed by atoms with van der Waals surface area (Å²) in [4.78, 5) is 10.9. The maximum Gasteiger partial charge on any atom is 0.128 e. The van der Waals surface area contributed by atoms with Gasteiger partial charge in [0.05, 0.1) is 6.54 Å². The normalized spacial score (nSPS) is 15.6. The van der Waals surface area contributed by atoms with Crippen molar-refractivity contribution in [2.45, 2.75) is 19.4 Å². The largest absolute Gasteiger partial charge is 0.350 e. The fraction of sp³-hybridized carbons (Fsp3) is 0.438. The van der Waals surface area contributed by atoms with Crippen LogP contribution >= 0.6 is 11.3 Å². The topological polar surface area (TPSA) is 19.4 Å². The molecule has 1 aliphatic heterocycles. The van der Waals surface area contributed by atoms with Crippen LogP contribution in [-0.2, 0) is 6.54 Å². The van der Waals surface area contributed by atoms with Crippen LogP contribution in [0.15, 0.2) is 41.9 Å². The van der Waals surface area contributed by atoms with Gasteiger partial charge < -0.3 is 9.80 Å². The van der Waals surface area contributed by atoms with Crippen LogP contribution in [0.5, 0.6) is 0 Å². The number of likely N-dealkylation sites (tertiary alicyclic amines) is 1. The number of rotatable bonds is 6. The lowest BCUT2D eigenvalue weighted by molar-refractivity contribution is 0.344. The van der Waals surface area contributed by atoms with Crippen molar-refractivity contribution < 1.29 is 0 Å². The van der Waals surface area contributed by atoms with E-state index in [1.165, 1.54) is 30.8 Å². The van der Waals surface area contributed by atoms with Crippen molar-refractivity contribution in [1.29, 1.82) is 0 Å². The minimum absolute atomic E-state index is 0.961. The second kappa shape index (κ2) is 6.86. The summed E-state index contributed by atoms with van der Waals surface area (Å²) in [6.07, 6.45) is 4.59. The number of hydrogen-bond donors (Lipinski definition) is 0. The van der Waals surface area contributed by atoms with Crippen LogP contribution in [0.1, 0.15) is 17.7 Å². The zero-order valence-corrected chi connectivity index (χ0v) is 12.6. The molecule has 3 heterocycles. The van der Waals surface area contributed by atoms with Crippen LogP contribution < -0.4 is 4.90 Å². The highest BCUT2D eigenvalue weighted by atomic mass is 32.1. The van der Waals surface area contributed by atoms with E-state index in [2.05, 4.69) is 44.4 Å². The van der Waals surface area contributed by atoms with Crippen molar-refractivity contribution >= 4 is 17.2 Å². The molecule has 1 aliphatic rings. The van der Waals surface area contributed by atoms with Crippen LogP contribution in [0.3, 0.4) is 0 Å². The average molecular weight is 287 g/mol. The standard InChI is InChI=1S/C16H21N3S/c1-2-8-17-16(7-1)19(14-15-6-5-13-20-15)12-11-18-9-3-4-10-18/h1-2,5-8,13H,3-4,9-12,14H2. The Morgan fingerprint density at radius 3 is 2.75 bits per heavy atom. The number of nitrogens with zero attached hydrogens (tertiary/aromatic N) is 3. The Hall–Kier alpha value is -1.39. The van der Waals surface area contributed by atoms with E-state index in [-0.39, 0.29) is 0 Å². The zero-order chi connectivity index (χ0) is 13.6. The van der Waals surface area contributed by atoms with Gasteiger partial charge in [0.2, 0.25) is 0 Å². The molecule has 0 aliphatic carbocycles. The maximum atomic E-state index is 4.52. The number of pyridine rings is 1. The Kier molecular flexibility index (Phi) is 4.66. The number of thiophene rings is 1.